The minimum atomic E-state index is 0.566. The molecule has 0 bridgehead atoms. The lowest BCUT2D eigenvalue weighted by molar-refractivity contribution is 1.01. The summed E-state index contributed by atoms with van der Waals surface area (Å²) in [6, 6.07) is 4.25. The molecule has 0 atom stereocenters. The van der Waals surface area contributed by atoms with E-state index in [9.17, 15) is 0 Å². The molecule has 0 aromatic carbocycles. The summed E-state index contributed by atoms with van der Waals surface area (Å²) in [5.74, 6) is 0. The van der Waals surface area contributed by atoms with Crippen LogP contribution in [0.15, 0.2) is 15.9 Å². The van der Waals surface area contributed by atoms with Crippen molar-refractivity contribution in [3.8, 4) is 16.0 Å². The number of hydrogen-bond donors (Lipinski definition) is 0. The van der Waals surface area contributed by atoms with Gasteiger partial charge in [0.2, 0.25) is 0 Å². The molecule has 2 nitrogen and oxygen atoms in total. The molecule has 82 valence electrons. The summed E-state index contributed by atoms with van der Waals surface area (Å²) >= 11 is 6.82. The molecule has 0 N–H and O–H groups in total. The van der Waals surface area contributed by atoms with Crippen molar-refractivity contribution in [1.82, 2.24) is 4.98 Å². The average Bonchev–Trinajstić information content (AvgIpc) is 2.82. The molecule has 0 fully saturated rings. The molecule has 0 amide bonds. The number of thiazole rings is 1. The molecule has 0 radical (unpaired) electrons. The topological polar surface area (TPSA) is 36.7 Å². The Labute approximate surface area is 111 Å². The molecule has 0 unspecified atom stereocenters. The third-order valence-corrected chi connectivity index (χ3v) is 5.21. The zero-order valence-electron chi connectivity index (χ0n) is 8.66. The molecule has 0 spiro atoms. The number of nitrogens with zero attached hydrogens (tertiary/aromatic N) is 2. The number of aromatic nitrogens is 1. The average molecular weight is 313 g/mol. The lowest BCUT2D eigenvalue weighted by Crippen LogP contribution is -1.82. The van der Waals surface area contributed by atoms with E-state index in [1.807, 2.05) is 6.92 Å². The SMILES string of the molecule is Cc1nc(-c2cc(Br)cs2)sc1CCC#N. The smallest absolute Gasteiger partial charge is 0.133 e. The first-order valence-corrected chi connectivity index (χ1v) is 7.27. The van der Waals surface area contributed by atoms with Crippen LogP contribution in [0.1, 0.15) is 17.0 Å². The van der Waals surface area contributed by atoms with E-state index in [2.05, 4.69) is 38.4 Å². The van der Waals surface area contributed by atoms with Gasteiger partial charge >= 0.3 is 0 Å². The van der Waals surface area contributed by atoms with Crippen LogP contribution in [-0.2, 0) is 6.42 Å². The number of nitriles is 1. The first-order chi connectivity index (χ1) is 7.70. The molecule has 5 heteroatoms. The van der Waals surface area contributed by atoms with Gasteiger partial charge in [-0.05, 0) is 35.3 Å². The largest absolute Gasteiger partial charge is 0.240 e. The zero-order valence-corrected chi connectivity index (χ0v) is 11.9. The predicted octanol–water partition coefficient (Wildman–Crippen LogP) is 4.40. The van der Waals surface area contributed by atoms with Gasteiger partial charge in [-0.15, -0.1) is 22.7 Å². The minimum absolute atomic E-state index is 0.566. The van der Waals surface area contributed by atoms with Gasteiger partial charge in [0.1, 0.15) is 5.01 Å². The van der Waals surface area contributed by atoms with E-state index in [0.29, 0.717) is 6.42 Å². The normalized spacial score (nSPS) is 10.3. The first-order valence-electron chi connectivity index (χ1n) is 4.78. The van der Waals surface area contributed by atoms with Crippen LogP contribution in [0.5, 0.6) is 0 Å². The highest BCUT2D eigenvalue weighted by Gasteiger charge is 2.10. The minimum Gasteiger partial charge on any atom is -0.240 e. The fourth-order valence-electron chi connectivity index (χ4n) is 1.36. The summed E-state index contributed by atoms with van der Waals surface area (Å²) in [6.45, 7) is 2.01. The quantitative estimate of drug-likeness (QED) is 0.842. The van der Waals surface area contributed by atoms with E-state index in [-0.39, 0.29) is 0 Å². The Kier molecular flexibility index (Phi) is 3.74. The van der Waals surface area contributed by atoms with Gasteiger partial charge < -0.3 is 0 Å². The van der Waals surface area contributed by atoms with Gasteiger partial charge in [0, 0.05) is 21.2 Å². The molecule has 0 aliphatic heterocycles. The van der Waals surface area contributed by atoms with Crippen molar-refractivity contribution >= 4 is 38.6 Å². The van der Waals surface area contributed by atoms with E-state index in [0.717, 1.165) is 21.6 Å². The Hall–Kier alpha value is -0.700. The molecule has 0 saturated carbocycles. The van der Waals surface area contributed by atoms with Crippen LogP contribution in [0.2, 0.25) is 0 Å². The second-order valence-corrected chi connectivity index (χ2v) is 6.23. The van der Waals surface area contributed by atoms with Crippen LogP contribution in [0, 0.1) is 18.3 Å². The molecular formula is C11H9BrN2S2. The number of rotatable bonds is 3. The molecule has 2 aromatic heterocycles. The van der Waals surface area contributed by atoms with Gasteiger partial charge in [0.25, 0.3) is 0 Å². The second-order valence-electron chi connectivity index (χ2n) is 3.31. The lowest BCUT2D eigenvalue weighted by Gasteiger charge is -1.89. The van der Waals surface area contributed by atoms with Crippen LogP contribution >= 0.6 is 38.6 Å². The molecule has 16 heavy (non-hydrogen) atoms. The second kappa shape index (κ2) is 5.09. The summed E-state index contributed by atoms with van der Waals surface area (Å²) in [4.78, 5) is 6.95. The van der Waals surface area contributed by atoms with Crippen molar-refractivity contribution in [3.05, 3.63) is 26.5 Å². The number of hydrogen-bond acceptors (Lipinski definition) is 4. The van der Waals surface area contributed by atoms with E-state index in [1.54, 1.807) is 22.7 Å². The summed E-state index contributed by atoms with van der Waals surface area (Å²) in [5.41, 5.74) is 1.06. The summed E-state index contributed by atoms with van der Waals surface area (Å²) in [6.07, 6.45) is 1.38. The Morgan fingerprint density at radius 2 is 2.38 bits per heavy atom. The van der Waals surface area contributed by atoms with Gasteiger partial charge in [-0.3, -0.25) is 0 Å². The maximum absolute atomic E-state index is 8.58. The summed E-state index contributed by atoms with van der Waals surface area (Å²) < 4.78 is 1.10. The fraction of sp³-hybridized carbons (Fsp3) is 0.273. The van der Waals surface area contributed by atoms with Crippen molar-refractivity contribution in [3.63, 3.8) is 0 Å². The third kappa shape index (κ3) is 2.51. The Morgan fingerprint density at radius 3 is 3.00 bits per heavy atom. The van der Waals surface area contributed by atoms with Crippen LogP contribution < -0.4 is 0 Å². The Bertz CT molecular complexity index is 536. The van der Waals surface area contributed by atoms with E-state index < -0.39 is 0 Å². The van der Waals surface area contributed by atoms with E-state index >= 15 is 0 Å². The Morgan fingerprint density at radius 1 is 1.56 bits per heavy atom. The fourth-order valence-corrected chi connectivity index (χ4v) is 3.91. The van der Waals surface area contributed by atoms with Gasteiger partial charge in [-0.1, -0.05) is 0 Å². The van der Waals surface area contributed by atoms with Crippen molar-refractivity contribution in [2.75, 3.05) is 0 Å². The van der Waals surface area contributed by atoms with E-state index in [4.69, 9.17) is 5.26 Å². The molecular weight excluding hydrogens is 304 g/mol. The lowest BCUT2D eigenvalue weighted by atomic mass is 10.2. The number of aryl methyl sites for hydroxylation is 2. The van der Waals surface area contributed by atoms with Crippen molar-refractivity contribution < 1.29 is 0 Å². The summed E-state index contributed by atoms with van der Waals surface area (Å²) in [5, 5.41) is 11.7. The van der Waals surface area contributed by atoms with Crippen LogP contribution in [-0.4, -0.2) is 4.98 Å². The van der Waals surface area contributed by atoms with Gasteiger partial charge in [-0.2, -0.15) is 5.26 Å². The Balaban J connectivity index is 2.27. The molecule has 2 heterocycles. The monoisotopic (exact) mass is 312 g/mol. The zero-order chi connectivity index (χ0) is 11.5. The van der Waals surface area contributed by atoms with Gasteiger partial charge in [0.05, 0.1) is 16.6 Å². The predicted molar refractivity (Wildman–Crippen MR) is 71.8 cm³/mol. The van der Waals surface area contributed by atoms with Gasteiger partial charge in [-0.25, -0.2) is 4.98 Å². The van der Waals surface area contributed by atoms with E-state index in [1.165, 1.54) is 9.75 Å². The highest BCUT2D eigenvalue weighted by atomic mass is 79.9. The number of halogens is 1. The molecule has 0 aliphatic carbocycles. The molecule has 2 rings (SSSR count). The van der Waals surface area contributed by atoms with Crippen molar-refractivity contribution in [1.29, 1.82) is 5.26 Å². The van der Waals surface area contributed by atoms with Crippen molar-refractivity contribution in [2.24, 2.45) is 0 Å². The summed E-state index contributed by atoms with van der Waals surface area (Å²) in [7, 11) is 0. The molecule has 0 aliphatic rings. The maximum Gasteiger partial charge on any atom is 0.133 e. The van der Waals surface area contributed by atoms with Crippen molar-refractivity contribution in [2.45, 2.75) is 19.8 Å². The third-order valence-electron chi connectivity index (χ3n) is 2.13. The van der Waals surface area contributed by atoms with Crippen LogP contribution in [0.25, 0.3) is 9.88 Å². The highest BCUT2D eigenvalue weighted by molar-refractivity contribution is 9.10. The molecule has 2 aromatic rings. The maximum atomic E-state index is 8.58. The number of thiophene rings is 1. The van der Waals surface area contributed by atoms with Crippen LogP contribution in [0.4, 0.5) is 0 Å². The van der Waals surface area contributed by atoms with Crippen LogP contribution in [0.3, 0.4) is 0 Å². The van der Waals surface area contributed by atoms with Gasteiger partial charge in [0.15, 0.2) is 0 Å². The first kappa shape index (κ1) is 11.8. The highest BCUT2D eigenvalue weighted by Crippen LogP contribution is 2.34. The standard InChI is InChI=1S/C11H9BrN2S2/c1-7-9(3-2-4-13)16-11(14-7)10-5-8(12)6-15-10/h5-6H,2-3H2,1H3. The molecule has 0 saturated heterocycles.